The summed E-state index contributed by atoms with van der Waals surface area (Å²) in [4.78, 5) is 0. The number of aryl methyl sites for hydroxylation is 2. The Morgan fingerprint density at radius 3 is 1.71 bits per heavy atom. The number of aromatic hydroxyl groups is 2. The van der Waals surface area contributed by atoms with Crippen molar-refractivity contribution < 1.29 is 10.2 Å². The summed E-state index contributed by atoms with van der Waals surface area (Å²) in [7, 11) is 0. The predicted octanol–water partition coefficient (Wildman–Crippen LogP) is 6.21. The van der Waals surface area contributed by atoms with Crippen molar-refractivity contribution in [3.8, 4) is 11.5 Å². The molecule has 24 heavy (non-hydrogen) atoms. The fraction of sp³-hybridized carbons (Fsp3) is 0.455. The lowest BCUT2D eigenvalue weighted by atomic mass is 9.85. The van der Waals surface area contributed by atoms with Gasteiger partial charge in [0.05, 0.1) is 0 Å². The standard InChI is InChI=1S/C22H30O2/c1-4-5-6-7-8-9-20(18-10-12-21(23)16(2)14-18)19-11-13-22(24)17(3)15-19/h10-15,20,23-24H,4-9H2,1-3H3. The monoisotopic (exact) mass is 326 g/mol. The Labute approximate surface area is 146 Å². The van der Waals surface area contributed by atoms with E-state index < -0.39 is 0 Å². The van der Waals surface area contributed by atoms with Crippen LogP contribution in [0.25, 0.3) is 0 Å². The normalized spacial score (nSPS) is 11.2. The fourth-order valence-electron chi connectivity index (χ4n) is 3.27. The van der Waals surface area contributed by atoms with E-state index in [1.54, 1.807) is 12.1 Å². The van der Waals surface area contributed by atoms with Gasteiger partial charge in [0.1, 0.15) is 11.5 Å². The van der Waals surface area contributed by atoms with Crippen LogP contribution < -0.4 is 0 Å². The summed E-state index contributed by atoms with van der Waals surface area (Å²) < 4.78 is 0. The first-order chi connectivity index (χ1) is 11.5. The van der Waals surface area contributed by atoms with Gasteiger partial charge in [0.15, 0.2) is 0 Å². The predicted molar refractivity (Wildman–Crippen MR) is 101 cm³/mol. The van der Waals surface area contributed by atoms with E-state index in [0.29, 0.717) is 17.4 Å². The summed E-state index contributed by atoms with van der Waals surface area (Å²) in [6, 6.07) is 11.8. The Morgan fingerprint density at radius 2 is 1.25 bits per heavy atom. The number of phenols is 2. The lowest BCUT2D eigenvalue weighted by Gasteiger charge is -2.20. The quantitative estimate of drug-likeness (QED) is 0.566. The largest absolute Gasteiger partial charge is 0.508 e. The van der Waals surface area contributed by atoms with Crippen LogP contribution in [0.4, 0.5) is 0 Å². The van der Waals surface area contributed by atoms with Crippen LogP contribution in [0.3, 0.4) is 0 Å². The first-order valence-electron chi connectivity index (χ1n) is 9.12. The molecule has 0 aliphatic carbocycles. The molecule has 0 saturated carbocycles. The molecule has 0 fully saturated rings. The van der Waals surface area contributed by atoms with Crippen LogP contribution in [0.2, 0.25) is 0 Å². The molecule has 0 aliphatic heterocycles. The van der Waals surface area contributed by atoms with Crippen LogP contribution >= 0.6 is 0 Å². The van der Waals surface area contributed by atoms with Gasteiger partial charge in [-0.05, 0) is 54.7 Å². The molecule has 2 aromatic rings. The van der Waals surface area contributed by atoms with Crippen LogP contribution in [-0.4, -0.2) is 10.2 Å². The highest BCUT2D eigenvalue weighted by atomic mass is 16.3. The summed E-state index contributed by atoms with van der Waals surface area (Å²) in [5, 5.41) is 19.6. The summed E-state index contributed by atoms with van der Waals surface area (Å²) in [6.07, 6.45) is 7.42. The molecule has 2 N–H and O–H groups in total. The zero-order valence-electron chi connectivity index (χ0n) is 15.2. The lowest BCUT2D eigenvalue weighted by molar-refractivity contribution is 0.470. The molecule has 0 aliphatic rings. The number of hydrogen-bond donors (Lipinski definition) is 2. The topological polar surface area (TPSA) is 40.5 Å². The molecule has 0 heterocycles. The maximum atomic E-state index is 9.82. The molecule has 2 aromatic carbocycles. The van der Waals surface area contributed by atoms with Gasteiger partial charge in [-0.2, -0.15) is 0 Å². The van der Waals surface area contributed by atoms with Gasteiger partial charge in [-0.1, -0.05) is 63.3 Å². The van der Waals surface area contributed by atoms with E-state index in [1.807, 2.05) is 26.0 Å². The molecule has 0 saturated heterocycles. The molecule has 0 unspecified atom stereocenters. The summed E-state index contributed by atoms with van der Waals surface area (Å²) >= 11 is 0. The van der Waals surface area contributed by atoms with Gasteiger partial charge in [-0.15, -0.1) is 0 Å². The summed E-state index contributed by atoms with van der Waals surface area (Å²) in [6.45, 7) is 6.12. The summed E-state index contributed by atoms with van der Waals surface area (Å²) in [5.41, 5.74) is 4.31. The number of hydrogen-bond acceptors (Lipinski definition) is 2. The van der Waals surface area contributed by atoms with Crippen molar-refractivity contribution in [1.82, 2.24) is 0 Å². The minimum atomic E-state index is 0.310. The van der Waals surface area contributed by atoms with Gasteiger partial charge in [-0.25, -0.2) is 0 Å². The van der Waals surface area contributed by atoms with Crippen molar-refractivity contribution in [1.29, 1.82) is 0 Å². The van der Waals surface area contributed by atoms with Gasteiger partial charge < -0.3 is 10.2 Å². The Morgan fingerprint density at radius 1 is 0.750 bits per heavy atom. The van der Waals surface area contributed by atoms with Crippen LogP contribution in [0.1, 0.15) is 73.6 Å². The van der Waals surface area contributed by atoms with Crippen molar-refractivity contribution in [2.24, 2.45) is 0 Å². The minimum absolute atomic E-state index is 0.310. The van der Waals surface area contributed by atoms with Gasteiger partial charge >= 0.3 is 0 Å². The molecule has 0 aromatic heterocycles. The number of unbranched alkanes of at least 4 members (excludes halogenated alkanes) is 4. The van der Waals surface area contributed by atoms with Crippen molar-refractivity contribution >= 4 is 0 Å². The number of rotatable bonds is 8. The molecule has 2 heteroatoms. The highest BCUT2D eigenvalue weighted by molar-refractivity contribution is 5.43. The Kier molecular flexibility index (Phi) is 6.72. The smallest absolute Gasteiger partial charge is 0.118 e. The average molecular weight is 326 g/mol. The summed E-state index contributed by atoms with van der Waals surface area (Å²) in [5.74, 6) is 1.01. The molecular weight excluding hydrogens is 296 g/mol. The van der Waals surface area contributed by atoms with Gasteiger partial charge in [0.2, 0.25) is 0 Å². The molecule has 130 valence electrons. The molecule has 0 amide bonds. The zero-order chi connectivity index (χ0) is 17.5. The molecule has 0 radical (unpaired) electrons. The highest BCUT2D eigenvalue weighted by Gasteiger charge is 2.16. The van der Waals surface area contributed by atoms with E-state index in [1.165, 1.54) is 43.2 Å². The molecule has 0 spiro atoms. The Balaban J connectivity index is 2.23. The second kappa shape index (κ2) is 8.77. The average Bonchev–Trinajstić information content (AvgIpc) is 2.56. The Hall–Kier alpha value is -1.96. The van der Waals surface area contributed by atoms with E-state index >= 15 is 0 Å². The van der Waals surface area contributed by atoms with Crippen LogP contribution in [0, 0.1) is 13.8 Å². The second-order valence-corrected chi connectivity index (χ2v) is 6.85. The minimum Gasteiger partial charge on any atom is -0.508 e. The first kappa shape index (κ1) is 18.4. The van der Waals surface area contributed by atoms with E-state index in [9.17, 15) is 10.2 Å². The molecule has 2 nitrogen and oxygen atoms in total. The first-order valence-corrected chi connectivity index (χ1v) is 9.12. The van der Waals surface area contributed by atoms with Gasteiger partial charge in [0, 0.05) is 5.92 Å². The van der Waals surface area contributed by atoms with E-state index in [0.717, 1.165) is 17.5 Å². The molecule has 2 rings (SSSR count). The molecule has 0 atom stereocenters. The third kappa shape index (κ3) is 4.77. The van der Waals surface area contributed by atoms with Crippen LogP contribution in [-0.2, 0) is 0 Å². The molecule has 0 bridgehead atoms. The van der Waals surface area contributed by atoms with Crippen LogP contribution in [0.5, 0.6) is 11.5 Å². The lowest BCUT2D eigenvalue weighted by Crippen LogP contribution is -2.02. The zero-order valence-corrected chi connectivity index (χ0v) is 15.2. The van der Waals surface area contributed by atoms with Crippen LogP contribution in [0.15, 0.2) is 36.4 Å². The number of phenolic OH excluding ortho intramolecular Hbond substituents is 2. The van der Waals surface area contributed by atoms with Crippen molar-refractivity contribution in [3.05, 3.63) is 58.7 Å². The fourth-order valence-corrected chi connectivity index (χ4v) is 3.27. The van der Waals surface area contributed by atoms with E-state index in [4.69, 9.17) is 0 Å². The van der Waals surface area contributed by atoms with E-state index in [2.05, 4.69) is 19.1 Å². The van der Waals surface area contributed by atoms with Gasteiger partial charge in [0.25, 0.3) is 0 Å². The maximum Gasteiger partial charge on any atom is 0.118 e. The SMILES string of the molecule is CCCCCCCC(c1ccc(O)c(C)c1)c1ccc(O)c(C)c1. The maximum absolute atomic E-state index is 9.82. The van der Waals surface area contributed by atoms with E-state index in [-0.39, 0.29) is 0 Å². The number of benzene rings is 2. The molecular formula is C22H30O2. The van der Waals surface area contributed by atoms with Crippen molar-refractivity contribution in [3.63, 3.8) is 0 Å². The second-order valence-electron chi connectivity index (χ2n) is 6.85. The van der Waals surface area contributed by atoms with Crippen molar-refractivity contribution in [2.75, 3.05) is 0 Å². The third-order valence-corrected chi connectivity index (χ3v) is 4.84. The Bertz CT molecular complexity index is 610. The third-order valence-electron chi connectivity index (χ3n) is 4.84. The van der Waals surface area contributed by atoms with Crippen molar-refractivity contribution in [2.45, 2.75) is 65.2 Å². The van der Waals surface area contributed by atoms with Gasteiger partial charge in [-0.3, -0.25) is 0 Å². The highest BCUT2D eigenvalue weighted by Crippen LogP contribution is 2.34.